The first kappa shape index (κ1) is 17.1. The lowest BCUT2D eigenvalue weighted by Crippen LogP contribution is -2.24. The van der Waals surface area contributed by atoms with Gasteiger partial charge in [-0.2, -0.15) is 0 Å². The van der Waals surface area contributed by atoms with E-state index in [9.17, 15) is 14.4 Å². The topological polar surface area (TPSA) is 97.4 Å². The number of ether oxygens (including phenoxy) is 1. The highest BCUT2D eigenvalue weighted by Gasteiger charge is 2.22. The minimum absolute atomic E-state index is 0.0230. The lowest BCUT2D eigenvalue weighted by Gasteiger charge is -2.02. The van der Waals surface area contributed by atoms with Crippen molar-refractivity contribution in [3.63, 3.8) is 0 Å². The van der Waals surface area contributed by atoms with Gasteiger partial charge >= 0.3 is 5.97 Å². The molecule has 0 aliphatic heterocycles. The molecule has 21 heavy (non-hydrogen) atoms. The number of amides is 1. The zero-order chi connectivity index (χ0) is 15.8. The fourth-order valence-corrected chi connectivity index (χ4v) is 2.41. The van der Waals surface area contributed by atoms with Gasteiger partial charge in [0.2, 0.25) is 5.91 Å². The number of rotatable bonds is 8. The van der Waals surface area contributed by atoms with E-state index in [2.05, 4.69) is 15.6 Å². The number of esters is 1. The van der Waals surface area contributed by atoms with Crippen molar-refractivity contribution in [3.05, 3.63) is 10.6 Å². The Morgan fingerprint density at radius 2 is 2.00 bits per heavy atom. The van der Waals surface area contributed by atoms with Gasteiger partial charge < -0.3 is 15.4 Å². The average molecular weight is 313 g/mol. The maximum Gasteiger partial charge on any atom is 0.358 e. The van der Waals surface area contributed by atoms with Gasteiger partial charge in [-0.3, -0.25) is 9.59 Å². The standard InChI is InChI=1S/C13H19N3O4S/c1-4-14-9(18)6-7-15-13-16-10(12(19)20-5-2)11(21-13)8(3)17/h4-7H2,1-3H3,(H,14,18)(H,15,16). The third-order valence-corrected chi connectivity index (χ3v) is 3.53. The number of aromatic nitrogens is 1. The van der Waals surface area contributed by atoms with Crippen LogP contribution in [0.15, 0.2) is 0 Å². The van der Waals surface area contributed by atoms with Crippen LogP contribution in [0.4, 0.5) is 5.13 Å². The van der Waals surface area contributed by atoms with Crippen LogP contribution in [0, 0.1) is 0 Å². The van der Waals surface area contributed by atoms with Gasteiger partial charge in [0, 0.05) is 26.4 Å². The van der Waals surface area contributed by atoms with Gasteiger partial charge in [-0.25, -0.2) is 9.78 Å². The highest BCUT2D eigenvalue weighted by atomic mass is 32.1. The second-order valence-electron chi connectivity index (χ2n) is 4.10. The first-order valence-corrected chi connectivity index (χ1v) is 7.50. The number of hydrogen-bond acceptors (Lipinski definition) is 7. The van der Waals surface area contributed by atoms with Gasteiger partial charge in [0.1, 0.15) is 4.88 Å². The van der Waals surface area contributed by atoms with E-state index in [1.807, 2.05) is 6.92 Å². The molecular weight excluding hydrogens is 294 g/mol. The van der Waals surface area contributed by atoms with E-state index in [0.29, 0.717) is 18.2 Å². The van der Waals surface area contributed by atoms with Gasteiger partial charge in [0.15, 0.2) is 16.6 Å². The van der Waals surface area contributed by atoms with Crippen LogP contribution in [0.5, 0.6) is 0 Å². The molecule has 1 aromatic heterocycles. The van der Waals surface area contributed by atoms with Crippen LogP contribution in [0.3, 0.4) is 0 Å². The molecule has 0 fully saturated rings. The Bertz CT molecular complexity index is 527. The lowest BCUT2D eigenvalue weighted by molar-refractivity contribution is -0.120. The average Bonchev–Trinajstić information content (AvgIpc) is 2.84. The van der Waals surface area contributed by atoms with Gasteiger partial charge in [0.05, 0.1) is 6.61 Å². The molecule has 116 valence electrons. The highest BCUT2D eigenvalue weighted by Crippen LogP contribution is 2.24. The molecule has 1 rings (SSSR count). The Hall–Kier alpha value is -1.96. The second-order valence-corrected chi connectivity index (χ2v) is 5.10. The highest BCUT2D eigenvalue weighted by molar-refractivity contribution is 7.17. The molecule has 0 saturated carbocycles. The number of carbonyl (C=O) groups excluding carboxylic acids is 3. The summed E-state index contributed by atoms with van der Waals surface area (Å²) in [6, 6.07) is 0. The number of carbonyl (C=O) groups is 3. The number of anilines is 1. The van der Waals surface area contributed by atoms with Crippen molar-refractivity contribution in [1.82, 2.24) is 10.3 Å². The van der Waals surface area contributed by atoms with E-state index in [0.717, 1.165) is 11.3 Å². The largest absolute Gasteiger partial charge is 0.461 e. The number of Topliss-reactive ketones (excluding diaryl/α,β-unsaturated/α-hetero) is 1. The van der Waals surface area contributed by atoms with Crippen LogP contribution in [0.25, 0.3) is 0 Å². The van der Waals surface area contributed by atoms with Crippen molar-refractivity contribution in [1.29, 1.82) is 0 Å². The SMILES string of the molecule is CCNC(=O)CCNc1nc(C(=O)OCC)c(C(C)=O)s1. The Labute approximate surface area is 127 Å². The summed E-state index contributed by atoms with van der Waals surface area (Å²) in [6.07, 6.45) is 0.289. The first-order valence-electron chi connectivity index (χ1n) is 6.69. The molecule has 8 heteroatoms. The summed E-state index contributed by atoms with van der Waals surface area (Å²) in [5.41, 5.74) is 0.0230. The van der Waals surface area contributed by atoms with Crippen LogP contribution in [0.2, 0.25) is 0 Å². The van der Waals surface area contributed by atoms with Gasteiger partial charge in [0.25, 0.3) is 0 Å². The zero-order valence-corrected chi connectivity index (χ0v) is 13.1. The van der Waals surface area contributed by atoms with Crippen molar-refractivity contribution in [2.24, 2.45) is 0 Å². The third-order valence-electron chi connectivity index (χ3n) is 2.42. The molecule has 1 aromatic rings. The summed E-state index contributed by atoms with van der Waals surface area (Å²) < 4.78 is 4.87. The molecule has 2 N–H and O–H groups in total. The smallest absolute Gasteiger partial charge is 0.358 e. The van der Waals surface area contributed by atoms with E-state index in [4.69, 9.17) is 4.74 Å². The van der Waals surface area contributed by atoms with Crippen LogP contribution < -0.4 is 10.6 Å². The molecule has 1 heterocycles. The predicted octanol–water partition coefficient (Wildman–Crippen LogP) is 1.46. The van der Waals surface area contributed by atoms with Crippen molar-refractivity contribution < 1.29 is 19.1 Å². The summed E-state index contributed by atoms with van der Waals surface area (Å²) in [4.78, 5) is 38.9. The van der Waals surface area contributed by atoms with E-state index in [1.54, 1.807) is 6.92 Å². The van der Waals surface area contributed by atoms with Gasteiger partial charge in [-0.05, 0) is 13.8 Å². The summed E-state index contributed by atoms with van der Waals surface area (Å²) in [6.45, 7) is 6.07. The normalized spacial score (nSPS) is 10.0. The fraction of sp³-hybridized carbons (Fsp3) is 0.538. The maximum absolute atomic E-state index is 11.7. The fourth-order valence-electron chi connectivity index (χ4n) is 1.54. The van der Waals surface area contributed by atoms with E-state index < -0.39 is 5.97 Å². The number of nitrogens with one attached hydrogen (secondary N) is 2. The molecule has 0 radical (unpaired) electrons. The molecule has 0 unspecified atom stereocenters. The molecule has 1 amide bonds. The number of ketones is 1. The molecule has 0 bridgehead atoms. The molecule has 7 nitrogen and oxygen atoms in total. The molecule has 0 atom stereocenters. The summed E-state index contributed by atoms with van der Waals surface area (Å²) >= 11 is 1.08. The maximum atomic E-state index is 11.7. The predicted molar refractivity (Wildman–Crippen MR) is 79.9 cm³/mol. The molecular formula is C13H19N3O4S. The molecule has 0 aromatic carbocycles. The quantitative estimate of drug-likeness (QED) is 0.557. The lowest BCUT2D eigenvalue weighted by atomic mass is 10.3. The van der Waals surface area contributed by atoms with E-state index >= 15 is 0 Å². The Kier molecular flexibility index (Phi) is 6.80. The molecule has 0 saturated heterocycles. The Balaban J connectivity index is 2.71. The summed E-state index contributed by atoms with van der Waals surface area (Å²) in [5.74, 6) is -0.929. The number of hydrogen-bond donors (Lipinski definition) is 2. The zero-order valence-electron chi connectivity index (χ0n) is 12.3. The van der Waals surface area contributed by atoms with Crippen LogP contribution in [0.1, 0.15) is 47.4 Å². The minimum Gasteiger partial charge on any atom is -0.461 e. The van der Waals surface area contributed by atoms with Crippen LogP contribution >= 0.6 is 11.3 Å². The Morgan fingerprint density at radius 3 is 2.57 bits per heavy atom. The molecule has 0 aliphatic rings. The van der Waals surface area contributed by atoms with Crippen molar-refractivity contribution in [2.75, 3.05) is 25.0 Å². The van der Waals surface area contributed by atoms with Crippen molar-refractivity contribution in [2.45, 2.75) is 27.2 Å². The van der Waals surface area contributed by atoms with Crippen molar-refractivity contribution >= 4 is 34.1 Å². The first-order chi connectivity index (χ1) is 9.99. The molecule has 0 aliphatic carbocycles. The van der Waals surface area contributed by atoms with Crippen LogP contribution in [-0.2, 0) is 9.53 Å². The van der Waals surface area contributed by atoms with Gasteiger partial charge in [-0.15, -0.1) is 0 Å². The molecule has 0 spiro atoms. The monoisotopic (exact) mass is 313 g/mol. The van der Waals surface area contributed by atoms with Crippen molar-refractivity contribution in [3.8, 4) is 0 Å². The third kappa shape index (κ3) is 5.14. The van der Waals surface area contributed by atoms with Crippen LogP contribution in [-0.4, -0.2) is 42.3 Å². The van der Waals surface area contributed by atoms with Gasteiger partial charge in [-0.1, -0.05) is 11.3 Å². The second kappa shape index (κ2) is 8.35. The minimum atomic E-state index is -0.615. The number of thiazole rings is 1. The van der Waals surface area contributed by atoms with E-state index in [1.165, 1.54) is 6.92 Å². The number of nitrogens with zero attached hydrogens (tertiary/aromatic N) is 1. The summed E-state index contributed by atoms with van der Waals surface area (Å²) in [7, 11) is 0. The van der Waals surface area contributed by atoms with E-state index in [-0.39, 0.29) is 35.3 Å². The summed E-state index contributed by atoms with van der Waals surface area (Å²) in [5, 5.41) is 6.03. The Morgan fingerprint density at radius 1 is 1.29 bits per heavy atom.